The maximum Gasteiger partial charge on any atom is 0.278 e. The topological polar surface area (TPSA) is 93.8 Å². The third-order valence-electron chi connectivity index (χ3n) is 9.40. The molecule has 0 radical (unpaired) electrons. The van der Waals surface area contributed by atoms with Crippen LogP contribution in [0.4, 0.5) is 17.1 Å². The van der Waals surface area contributed by atoms with Gasteiger partial charge in [-0.3, -0.25) is 14.2 Å². The van der Waals surface area contributed by atoms with Crippen LogP contribution in [0.5, 0.6) is 5.75 Å². The summed E-state index contributed by atoms with van der Waals surface area (Å²) in [7, 11) is 1.53. The molecular formula is C41H39ClN6O3. The zero-order valence-electron chi connectivity index (χ0n) is 28.9. The second kappa shape index (κ2) is 14.7. The minimum Gasteiger partial charge on any atom is -0.495 e. The van der Waals surface area contributed by atoms with E-state index in [0.717, 1.165) is 50.0 Å². The molecule has 1 aliphatic rings. The van der Waals surface area contributed by atoms with Crippen molar-refractivity contribution in [2.75, 3.05) is 30.4 Å². The smallest absolute Gasteiger partial charge is 0.278 e. The number of nitrogens with zero attached hydrogens (tertiary/aromatic N) is 5. The summed E-state index contributed by atoms with van der Waals surface area (Å²) in [5.41, 5.74) is 6.14. The van der Waals surface area contributed by atoms with E-state index in [1.165, 1.54) is 22.9 Å². The van der Waals surface area contributed by atoms with Crippen molar-refractivity contribution >= 4 is 51.2 Å². The van der Waals surface area contributed by atoms with E-state index in [-0.39, 0.29) is 17.1 Å². The lowest BCUT2D eigenvalue weighted by Crippen LogP contribution is -2.33. The van der Waals surface area contributed by atoms with E-state index in [9.17, 15) is 9.59 Å². The summed E-state index contributed by atoms with van der Waals surface area (Å²) in [4.78, 5) is 41.8. The van der Waals surface area contributed by atoms with Gasteiger partial charge in [0.05, 0.1) is 35.1 Å². The van der Waals surface area contributed by atoms with Crippen LogP contribution in [0.2, 0.25) is 5.02 Å². The van der Waals surface area contributed by atoms with Gasteiger partial charge in [-0.1, -0.05) is 48.0 Å². The standard InChI is InChI=1S/C41H39ClN6O3/c1-4-46(5-2)36-22-21-33(30-18-12-13-19-31(30)36)43-38(40(49)45-34-24-27(42)20-23-37(34)51-3)39-44-35-26-47(28-14-8-6-9-15-28)25-32(35)41(50)48(39)29-16-10-7-11-17-29/h6-11,14-17,20-26H,4-5,12-13,18-19H2,1-3H3,(H,45,49). The fraction of sp³-hybridized carbons (Fsp3) is 0.220. The van der Waals surface area contributed by atoms with E-state index in [1.807, 2.05) is 71.3 Å². The molecule has 1 N–H and O–H groups in total. The van der Waals surface area contributed by atoms with Crippen molar-refractivity contribution in [2.24, 2.45) is 4.99 Å². The van der Waals surface area contributed by atoms with Crippen LogP contribution in [0.3, 0.4) is 0 Å². The Morgan fingerprint density at radius 2 is 1.59 bits per heavy atom. The van der Waals surface area contributed by atoms with Crippen molar-refractivity contribution in [3.63, 3.8) is 0 Å². The number of halogens is 1. The summed E-state index contributed by atoms with van der Waals surface area (Å²) in [5, 5.41) is 3.81. The summed E-state index contributed by atoms with van der Waals surface area (Å²) in [6.07, 6.45) is 7.45. The number of benzene rings is 4. The van der Waals surface area contributed by atoms with Crippen molar-refractivity contribution in [3.8, 4) is 17.1 Å². The molecule has 7 rings (SSSR count). The van der Waals surface area contributed by atoms with Crippen LogP contribution in [0.1, 0.15) is 43.6 Å². The molecule has 0 spiro atoms. The predicted octanol–water partition coefficient (Wildman–Crippen LogP) is 8.32. The second-order valence-electron chi connectivity index (χ2n) is 12.4. The van der Waals surface area contributed by atoms with Crippen LogP contribution in [0.15, 0.2) is 113 Å². The van der Waals surface area contributed by atoms with E-state index in [0.29, 0.717) is 38.7 Å². The van der Waals surface area contributed by atoms with E-state index in [1.54, 1.807) is 30.6 Å². The zero-order chi connectivity index (χ0) is 35.5. The van der Waals surface area contributed by atoms with Crippen LogP contribution in [-0.4, -0.2) is 45.9 Å². The molecule has 258 valence electrons. The van der Waals surface area contributed by atoms with Gasteiger partial charge in [-0.05, 0) is 105 Å². The molecule has 0 saturated heterocycles. The van der Waals surface area contributed by atoms with Crippen LogP contribution in [0, 0.1) is 0 Å². The lowest BCUT2D eigenvalue weighted by Gasteiger charge is -2.29. The molecule has 51 heavy (non-hydrogen) atoms. The van der Waals surface area contributed by atoms with E-state index >= 15 is 0 Å². The number of amides is 1. The highest BCUT2D eigenvalue weighted by atomic mass is 35.5. The first-order valence-corrected chi connectivity index (χ1v) is 17.7. The van der Waals surface area contributed by atoms with Gasteiger partial charge in [-0.2, -0.15) is 0 Å². The number of fused-ring (bicyclic) bond motifs is 2. The van der Waals surface area contributed by atoms with E-state index in [2.05, 4.69) is 30.1 Å². The van der Waals surface area contributed by atoms with E-state index in [4.69, 9.17) is 26.3 Å². The molecule has 4 aromatic carbocycles. The van der Waals surface area contributed by atoms with Gasteiger partial charge < -0.3 is 19.5 Å². The van der Waals surface area contributed by atoms with Crippen LogP contribution in [0.25, 0.3) is 22.3 Å². The first kappa shape index (κ1) is 33.8. The van der Waals surface area contributed by atoms with Crippen molar-refractivity contribution in [3.05, 3.63) is 136 Å². The maximum absolute atomic E-state index is 14.7. The Labute approximate surface area is 301 Å². The summed E-state index contributed by atoms with van der Waals surface area (Å²) in [6, 6.07) is 28.0. The molecule has 0 atom stereocenters. The molecule has 0 bridgehead atoms. The molecule has 1 amide bonds. The van der Waals surface area contributed by atoms with Crippen LogP contribution in [-0.2, 0) is 17.6 Å². The van der Waals surface area contributed by atoms with Gasteiger partial charge >= 0.3 is 0 Å². The van der Waals surface area contributed by atoms with Gasteiger partial charge in [0.1, 0.15) is 5.75 Å². The number of hydrogen-bond donors (Lipinski definition) is 1. The number of anilines is 2. The van der Waals surface area contributed by atoms with Gasteiger partial charge in [0.25, 0.3) is 11.5 Å². The van der Waals surface area contributed by atoms with Crippen LogP contribution < -0.4 is 20.5 Å². The Hall–Kier alpha value is -5.67. The Morgan fingerprint density at radius 3 is 2.27 bits per heavy atom. The summed E-state index contributed by atoms with van der Waals surface area (Å²) < 4.78 is 8.90. The lowest BCUT2D eigenvalue weighted by atomic mass is 9.88. The third-order valence-corrected chi connectivity index (χ3v) is 9.64. The van der Waals surface area contributed by atoms with Crippen LogP contribution >= 0.6 is 11.6 Å². The summed E-state index contributed by atoms with van der Waals surface area (Å²) >= 11 is 6.37. The van der Waals surface area contributed by atoms with Gasteiger partial charge in [0, 0.05) is 41.9 Å². The normalized spacial score (nSPS) is 12.8. The first-order chi connectivity index (χ1) is 24.9. The molecule has 0 aliphatic heterocycles. The van der Waals surface area contributed by atoms with Gasteiger partial charge in [0.15, 0.2) is 11.5 Å². The molecule has 0 unspecified atom stereocenters. The Bertz CT molecular complexity index is 2310. The highest BCUT2D eigenvalue weighted by Gasteiger charge is 2.27. The minimum atomic E-state index is -0.564. The molecule has 9 nitrogen and oxygen atoms in total. The van der Waals surface area contributed by atoms with Gasteiger partial charge in [-0.15, -0.1) is 0 Å². The Kier molecular flexibility index (Phi) is 9.72. The molecular weight excluding hydrogens is 660 g/mol. The van der Waals surface area contributed by atoms with Gasteiger partial charge in [-0.25, -0.2) is 9.98 Å². The predicted molar refractivity (Wildman–Crippen MR) is 206 cm³/mol. The molecule has 1 aliphatic carbocycles. The Morgan fingerprint density at radius 1 is 0.902 bits per heavy atom. The second-order valence-corrected chi connectivity index (χ2v) is 12.8. The van der Waals surface area contributed by atoms with E-state index < -0.39 is 5.91 Å². The molecule has 0 fully saturated rings. The molecule has 2 heterocycles. The van der Waals surface area contributed by atoms with Crippen molar-refractivity contribution in [1.29, 1.82) is 0 Å². The highest BCUT2D eigenvalue weighted by molar-refractivity contribution is 6.49. The first-order valence-electron chi connectivity index (χ1n) is 17.3. The number of carbonyl (C=O) groups is 1. The number of methoxy groups -OCH3 is 1. The number of rotatable bonds is 10. The van der Waals surface area contributed by atoms with Crippen molar-refractivity contribution in [1.82, 2.24) is 14.1 Å². The number of nitrogens with one attached hydrogen (secondary N) is 1. The fourth-order valence-electron chi connectivity index (χ4n) is 6.88. The molecule has 0 saturated carbocycles. The third kappa shape index (κ3) is 6.65. The highest BCUT2D eigenvalue weighted by Crippen LogP contribution is 2.37. The number of para-hydroxylation sites is 2. The van der Waals surface area contributed by atoms with Crippen molar-refractivity contribution < 1.29 is 9.53 Å². The maximum atomic E-state index is 14.7. The number of aromatic nitrogens is 3. The Balaban J connectivity index is 1.50. The fourth-order valence-corrected chi connectivity index (χ4v) is 7.05. The average Bonchev–Trinajstić information content (AvgIpc) is 3.60. The minimum absolute atomic E-state index is 0.0179. The number of ether oxygens (including phenoxy) is 1. The summed E-state index contributed by atoms with van der Waals surface area (Å²) in [5.74, 6) is -0.0244. The lowest BCUT2D eigenvalue weighted by molar-refractivity contribution is -0.110. The van der Waals surface area contributed by atoms with Crippen molar-refractivity contribution in [2.45, 2.75) is 39.5 Å². The zero-order valence-corrected chi connectivity index (χ0v) is 29.7. The average molecular weight is 699 g/mol. The monoisotopic (exact) mass is 698 g/mol. The number of aliphatic imine (C=N–C) groups is 1. The molecule has 6 aromatic rings. The largest absolute Gasteiger partial charge is 0.495 e. The molecule has 10 heteroatoms. The quantitative estimate of drug-likeness (QED) is 0.145. The SMILES string of the molecule is CCN(CC)c1ccc(N=C(C(=O)Nc2cc(Cl)ccc2OC)c2nc3cn(-c4ccccc4)cc3c(=O)n2-c2ccccc2)c2c1CCCC2. The summed E-state index contributed by atoms with van der Waals surface area (Å²) in [6.45, 7) is 6.09. The van der Waals surface area contributed by atoms with Gasteiger partial charge in [0.2, 0.25) is 0 Å². The number of carbonyl (C=O) groups excluding carboxylic acids is 1. The number of hydrogen-bond acceptors (Lipinski definition) is 6. The molecule has 2 aromatic heterocycles.